The largest absolute Gasteiger partial charge is 0.392 e. The molecule has 1 aromatic carbocycles. The number of aliphatic hydroxyl groups excluding tert-OH is 2. The monoisotopic (exact) mass is 263 g/mol. The standard InChI is InChI=1S/C14H21N3O2/c1-11(18)7-16(8-12(2)19)10-17-9-15-13-5-3-4-6-14(13)17/h3-6,9,11-12,18-19H,7-8,10H2,1-2H3. The molecule has 0 bridgehead atoms. The van der Waals surface area contributed by atoms with Crippen LogP contribution in [0, 0.1) is 0 Å². The third kappa shape index (κ3) is 3.76. The lowest BCUT2D eigenvalue weighted by Gasteiger charge is -2.25. The Labute approximate surface area is 113 Å². The smallest absolute Gasteiger partial charge is 0.0969 e. The molecule has 0 aliphatic carbocycles. The van der Waals surface area contributed by atoms with E-state index in [2.05, 4.69) is 4.98 Å². The molecule has 2 aromatic rings. The van der Waals surface area contributed by atoms with E-state index in [-0.39, 0.29) is 0 Å². The number of hydrogen-bond donors (Lipinski definition) is 2. The van der Waals surface area contributed by atoms with Crippen LogP contribution in [0.5, 0.6) is 0 Å². The summed E-state index contributed by atoms with van der Waals surface area (Å²) in [5, 5.41) is 19.1. The summed E-state index contributed by atoms with van der Waals surface area (Å²) in [6.45, 7) is 5.16. The van der Waals surface area contributed by atoms with E-state index in [1.165, 1.54) is 0 Å². The van der Waals surface area contributed by atoms with E-state index in [0.717, 1.165) is 11.0 Å². The molecule has 2 N–H and O–H groups in total. The molecule has 0 radical (unpaired) electrons. The summed E-state index contributed by atoms with van der Waals surface area (Å²) in [5.74, 6) is 0. The summed E-state index contributed by atoms with van der Waals surface area (Å²) in [6.07, 6.45) is 0.948. The van der Waals surface area contributed by atoms with Gasteiger partial charge in [0.2, 0.25) is 0 Å². The molecule has 2 rings (SSSR count). The number of rotatable bonds is 6. The lowest BCUT2D eigenvalue weighted by atomic mass is 10.3. The predicted molar refractivity (Wildman–Crippen MR) is 74.7 cm³/mol. The minimum Gasteiger partial charge on any atom is -0.392 e. The first-order valence-electron chi connectivity index (χ1n) is 6.54. The highest BCUT2D eigenvalue weighted by Crippen LogP contribution is 2.12. The number of para-hydroxylation sites is 2. The summed E-state index contributed by atoms with van der Waals surface area (Å²) < 4.78 is 2.03. The van der Waals surface area contributed by atoms with Crippen LogP contribution >= 0.6 is 0 Å². The highest BCUT2D eigenvalue weighted by molar-refractivity contribution is 5.74. The van der Waals surface area contributed by atoms with Crippen molar-refractivity contribution in [1.82, 2.24) is 14.5 Å². The number of fused-ring (bicyclic) bond motifs is 1. The zero-order valence-corrected chi connectivity index (χ0v) is 11.4. The highest BCUT2D eigenvalue weighted by atomic mass is 16.3. The van der Waals surface area contributed by atoms with E-state index < -0.39 is 12.2 Å². The van der Waals surface area contributed by atoms with E-state index in [1.807, 2.05) is 33.7 Å². The molecule has 0 amide bonds. The SMILES string of the molecule is CC(O)CN(CC(C)O)Cn1cnc2ccccc21. The maximum atomic E-state index is 9.53. The van der Waals surface area contributed by atoms with Crippen LogP contribution in [0.4, 0.5) is 0 Å². The Morgan fingerprint density at radius 3 is 2.42 bits per heavy atom. The summed E-state index contributed by atoms with van der Waals surface area (Å²) in [4.78, 5) is 6.36. The van der Waals surface area contributed by atoms with E-state index in [1.54, 1.807) is 20.2 Å². The summed E-state index contributed by atoms with van der Waals surface area (Å²) >= 11 is 0. The zero-order valence-electron chi connectivity index (χ0n) is 11.4. The Bertz CT molecular complexity index is 512. The number of hydrogen-bond acceptors (Lipinski definition) is 4. The van der Waals surface area contributed by atoms with Gasteiger partial charge in [0.25, 0.3) is 0 Å². The van der Waals surface area contributed by atoms with Gasteiger partial charge in [-0.1, -0.05) is 12.1 Å². The van der Waals surface area contributed by atoms with Crippen LogP contribution in [0.3, 0.4) is 0 Å². The molecular formula is C14H21N3O2. The number of imidazole rings is 1. The van der Waals surface area contributed by atoms with Gasteiger partial charge in [0.05, 0.1) is 36.2 Å². The van der Waals surface area contributed by atoms with Gasteiger partial charge >= 0.3 is 0 Å². The van der Waals surface area contributed by atoms with Crippen molar-refractivity contribution in [3.8, 4) is 0 Å². The van der Waals surface area contributed by atoms with Gasteiger partial charge in [0.15, 0.2) is 0 Å². The van der Waals surface area contributed by atoms with Gasteiger partial charge in [0.1, 0.15) is 0 Å². The van der Waals surface area contributed by atoms with Crippen LogP contribution in [-0.2, 0) is 6.67 Å². The molecule has 1 heterocycles. The maximum Gasteiger partial charge on any atom is 0.0969 e. The Balaban J connectivity index is 2.15. The maximum absolute atomic E-state index is 9.53. The van der Waals surface area contributed by atoms with Gasteiger partial charge in [-0.25, -0.2) is 4.98 Å². The van der Waals surface area contributed by atoms with E-state index in [0.29, 0.717) is 19.8 Å². The second kappa shape index (κ2) is 6.14. The van der Waals surface area contributed by atoms with Crippen LogP contribution in [0.2, 0.25) is 0 Å². The second-order valence-corrected chi connectivity index (χ2v) is 5.08. The van der Waals surface area contributed by atoms with Gasteiger partial charge in [0, 0.05) is 13.1 Å². The van der Waals surface area contributed by atoms with Crippen LogP contribution in [0.25, 0.3) is 11.0 Å². The molecule has 0 spiro atoms. The van der Waals surface area contributed by atoms with Gasteiger partial charge in [-0.3, -0.25) is 4.90 Å². The Morgan fingerprint density at radius 1 is 1.16 bits per heavy atom. The van der Waals surface area contributed by atoms with Crippen molar-refractivity contribution in [3.63, 3.8) is 0 Å². The Hall–Kier alpha value is -1.43. The highest BCUT2D eigenvalue weighted by Gasteiger charge is 2.12. The topological polar surface area (TPSA) is 61.5 Å². The second-order valence-electron chi connectivity index (χ2n) is 5.08. The van der Waals surface area contributed by atoms with E-state index >= 15 is 0 Å². The van der Waals surface area contributed by atoms with Crippen LogP contribution < -0.4 is 0 Å². The Kier molecular flexibility index (Phi) is 4.52. The molecule has 104 valence electrons. The first-order valence-corrected chi connectivity index (χ1v) is 6.54. The van der Waals surface area contributed by atoms with Crippen LogP contribution in [0.15, 0.2) is 30.6 Å². The molecule has 2 unspecified atom stereocenters. The van der Waals surface area contributed by atoms with Gasteiger partial charge in [-0.15, -0.1) is 0 Å². The minimum atomic E-state index is -0.423. The third-order valence-corrected chi connectivity index (χ3v) is 2.92. The molecule has 0 aliphatic rings. The van der Waals surface area contributed by atoms with Crippen molar-refractivity contribution in [2.24, 2.45) is 0 Å². The van der Waals surface area contributed by atoms with Crippen molar-refractivity contribution in [2.75, 3.05) is 13.1 Å². The van der Waals surface area contributed by atoms with Gasteiger partial charge in [-0.2, -0.15) is 0 Å². The molecule has 0 fully saturated rings. The van der Waals surface area contributed by atoms with Gasteiger partial charge < -0.3 is 14.8 Å². The van der Waals surface area contributed by atoms with Crippen molar-refractivity contribution >= 4 is 11.0 Å². The molecule has 2 atom stereocenters. The summed E-state index contributed by atoms with van der Waals surface area (Å²) in [6, 6.07) is 7.93. The first kappa shape index (κ1) is 14.0. The molecule has 19 heavy (non-hydrogen) atoms. The summed E-state index contributed by atoms with van der Waals surface area (Å²) in [7, 11) is 0. The lowest BCUT2D eigenvalue weighted by Crippen LogP contribution is -2.37. The van der Waals surface area contributed by atoms with Crippen molar-refractivity contribution in [3.05, 3.63) is 30.6 Å². The molecule has 1 aromatic heterocycles. The number of aliphatic hydroxyl groups is 2. The lowest BCUT2D eigenvalue weighted by molar-refractivity contribution is 0.0664. The molecule has 5 heteroatoms. The van der Waals surface area contributed by atoms with Crippen molar-refractivity contribution in [2.45, 2.75) is 32.7 Å². The average molecular weight is 263 g/mol. The fourth-order valence-electron chi connectivity index (χ4n) is 2.28. The fraction of sp³-hybridized carbons (Fsp3) is 0.500. The van der Waals surface area contributed by atoms with Crippen LogP contribution in [0.1, 0.15) is 13.8 Å². The Morgan fingerprint density at radius 2 is 1.79 bits per heavy atom. The zero-order chi connectivity index (χ0) is 13.8. The fourth-order valence-corrected chi connectivity index (χ4v) is 2.28. The number of aromatic nitrogens is 2. The molecule has 5 nitrogen and oxygen atoms in total. The molecule has 0 saturated carbocycles. The quantitative estimate of drug-likeness (QED) is 0.818. The number of benzene rings is 1. The normalized spacial score (nSPS) is 15.0. The van der Waals surface area contributed by atoms with E-state index in [9.17, 15) is 10.2 Å². The minimum absolute atomic E-state index is 0.423. The van der Waals surface area contributed by atoms with Gasteiger partial charge in [-0.05, 0) is 26.0 Å². The molecular weight excluding hydrogens is 242 g/mol. The number of nitrogens with zero attached hydrogens (tertiary/aromatic N) is 3. The van der Waals surface area contributed by atoms with Crippen LogP contribution in [-0.4, -0.2) is 50.0 Å². The average Bonchev–Trinajstić information content (AvgIpc) is 2.71. The first-order chi connectivity index (χ1) is 9.06. The third-order valence-electron chi connectivity index (χ3n) is 2.92. The molecule has 0 aliphatic heterocycles. The van der Waals surface area contributed by atoms with E-state index in [4.69, 9.17) is 0 Å². The summed E-state index contributed by atoms with van der Waals surface area (Å²) in [5.41, 5.74) is 2.01. The van der Waals surface area contributed by atoms with Crippen molar-refractivity contribution < 1.29 is 10.2 Å². The predicted octanol–water partition coefficient (Wildman–Crippen LogP) is 1.06. The van der Waals surface area contributed by atoms with Crippen molar-refractivity contribution in [1.29, 1.82) is 0 Å². The molecule has 0 saturated heterocycles.